The Morgan fingerprint density at radius 1 is 0.557 bits per heavy atom. The van der Waals surface area contributed by atoms with Crippen molar-refractivity contribution in [3.63, 3.8) is 0 Å². The molecule has 1 unspecified atom stereocenters. The molecule has 17 nitrogen and oxygen atoms in total. The molecule has 406 valence electrons. The van der Waals surface area contributed by atoms with Gasteiger partial charge in [0, 0.05) is 65.2 Å². The average Bonchev–Trinajstić information content (AvgIpc) is 3.28. The van der Waals surface area contributed by atoms with Gasteiger partial charge in [0.2, 0.25) is 6.29 Å². The van der Waals surface area contributed by atoms with Gasteiger partial charge in [-0.2, -0.15) is 11.8 Å². The van der Waals surface area contributed by atoms with Gasteiger partial charge in [-0.05, 0) is 66.1 Å². The number of carbonyl (C=O) groups is 6. The van der Waals surface area contributed by atoms with Crippen LogP contribution in [0.5, 0.6) is 0 Å². The van der Waals surface area contributed by atoms with E-state index < -0.39 is 30.2 Å². The van der Waals surface area contributed by atoms with Crippen molar-refractivity contribution in [2.75, 3.05) is 90.8 Å². The molecule has 0 aliphatic rings. The van der Waals surface area contributed by atoms with Gasteiger partial charge in [0.1, 0.15) is 13.2 Å². The lowest BCUT2D eigenvalue weighted by Gasteiger charge is -2.28. The molecule has 0 saturated carbocycles. The van der Waals surface area contributed by atoms with Gasteiger partial charge >= 0.3 is 35.8 Å². The number of unbranched alkanes of at least 4 members (excludes halogenated alkanes) is 3. The number of aliphatic hydroxyl groups excluding tert-OH is 1. The summed E-state index contributed by atoms with van der Waals surface area (Å²) in [5.41, 5.74) is 1.80. The van der Waals surface area contributed by atoms with Crippen molar-refractivity contribution in [3.8, 4) is 0 Å². The Bertz CT molecular complexity index is 1520. The van der Waals surface area contributed by atoms with E-state index in [1.165, 1.54) is 47.0 Å². The molecule has 0 aliphatic heterocycles. The third-order valence-corrected chi connectivity index (χ3v) is 8.90. The van der Waals surface area contributed by atoms with Crippen molar-refractivity contribution in [1.29, 1.82) is 0 Å². The first-order chi connectivity index (χ1) is 32.7. The largest absolute Gasteiger partial charge is 0.478 e. The number of aliphatic carboxylic acids is 1. The molecule has 2 N–H and O–H groups in total. The summed E-state index contributed by atoms with van der Waals surface area (Å²) >= 11 is 1.75. The van der Waals surface area contributed by atoms with Crippen LogP contribution in [-0.4, -0.2) is 143 Å². The minimum absolute atomic E-state index is 0.0684. The molecule has 70 heavy (non-hydrogen) atoms. The van der Waals surface area contributed by atoms with Crippen LogP contribution in [0.1, 0.15) is 116 Å². The maximum Gasteiger partial charge on any atom is 0.336 e. The molecule has 0 radical (unpaired) electrons. The predicted molar refractivity (Wildman–Crippen MR) is 276 cm³/mol. The van der Waals surface area contributed by atoms with Gasteiger partial charge in [-0.3, -0.25) is 0 Å². The number of carbonyl (C=O) groups excluding carboxylic acids is 5. The number of hydrogen-bond acceptors (Lipinski definition) is 17. The predicted octanol–water partition coefficient (Wildman–Crippen LogP) is 8.98. The average molecular weight is 1020 g/mol. The number of esters is 5. The van der Waals surface area contributed by atoms with Crippen molar-refractivity contribution in [1.82, 2.24) is 0 Å². The van der Waals surface area contributed by atoms with Crippen LogP contribution in [0.25, 0.3) is 0 Å². The normalized spacial score (nSPS) is 10.9. The fourth-order valence-corrected chi connectivity index (χ4v) is 4.39. The topological polar surface area (TPSA) is 226 Å². The number of rotatable bonds is 32. The Hall–Kier alpha value is -4.59. The molecule has 0 fully saturated rings. The molecule has 0 rings (SSSR count). The first-order valence-corrected chi connectivity index (χ1v) is 24.4. The third kappa shape index (κ3) is 54.4. The lowest BCUT2D eigenvalue weighted by Crippen LogP contribution is -2.26. The first kappa shape index (κ1) is 74.4. The van der Waals surface area contributed by atoms with E-state index in [0.29, 0.717) is 69.6 Å². The van der Waals surface area contributed by atoms with Gasteiger partial charge < -0.3 is 52.8 Å². The Kier molecular flexibility index (Phi) is 52.5. The number of ether oxygens (including phenoxy) is 9. The number of thioether (sulfide) groups is 1. The van der Waals surface area contributed by atoms with E-state index in [-0.39, 0.29) is 53.2 Å². The summed E-state index contributed by atoms with van der Waals surface area (Å²) in [6.45, 7) is 45.9. The van der Waals surface area contributed by atoms with Gasteiger partial charge in [-0.1, -0.05) is 92.9 Å². The van der Waals surface area contributed by atoms with Gasteiger partial charge in [0.15, 0.2) is 0 Å². The van der Waals surface area contributed by atoms with Gasteiger partial charge in [-0.25, -0.2) is 28.8 Å². The summed E-state index contributed by atoms with van der Waals surface area (Å²) in [6.07, 6.45) is 5.49. The van der Waals surface area contributed by atoms with Crippen molar-refractivity contribution < 1.29 is 81.6 Å². The summed E-state index contributed by atoms with van der Waals surface area (Å²) in [5.74, 6) is -1.46. The molecule has 0 aromatic rings. The zero-order valence-corrected chi connectivity index (χ0v) is 45.7. The summed E-state index contributed by atoms with van der Waals surface area (Å²) in [6, 6.07) is 0. The SMILES string of the molecule is C=C(C)C(=O)OC(C)OC(=O)C(=C)C.C=C(C)C(=O)OCC(C=C(C)C(=O)O)C(C)(C)C.C=C(C)C(=O)OCCOCCCCCC.C=C(C)C(=O)OCCSCC.CCOCCOCCOCCO. The molecule has 0 heterocycles. The maximum atomic E-state index is 11.3. The number of carboxylic acids is 1. The summed E-state index contributed by atoms with van der Waals surface area (Å²) in [5, 5.41) is 17.2. The van der Waals surface area contributed by atoms with Crippen LogP contribution in [-0.2, 0) is 71.4 Å². The Balaban J connectivity index is -0.000000254. The van der Waals surface area contributed by atoms with Crippen LogP contribution in [0, 0.1) is 11.3 Å². The summed E-state index contributed by atoms with van der Waals surface area (Å²) in [4.78, 5) is 65.8. The smallest absolute Gasteiger partial charge is 0.336 e. The highest BCUT2D eigenvalue weighted by atomic mass is 32.2. The summed E-state index contributed by atoms with van der Waals surface area (Å²) in [7, 11) is 0. The fourth-order valence-electron chi connectivity index (χ4n) is 3.90. The Morgan fingerprint density at radius 2 is 0.971 bits per heavy atom. The quantitative estimate of drug-likeness (QED) is 0.0211. The van der Waals surface area contributed by atoms with Crippen LogP contribution < -0.4 is 0 Å². The molecule has 0 amide bonds. The Labute approximate surface area is 424 Å². The highest BCUT2D eigenvalue weighted by Gasteiger charge is 2.25. The Morgan fingerprint density at radius 3 is 1.37 bits per heavy atom. The van der Waals surface area contributed by atoms with E-state index in [9.17, 15) is 28.8 Å². The van der Waals surface area contributed by atoms with Gasteiger partial charge in [-0.15, -0.1) is 0 Å². The van der Waals surface area contributed by atoms with Crippen molar-refractivity contribution in [3.05, 3.63) is 72.4 Å². The zero-order valence-electron chi connectivity index (χ0n) is 44.9. The minimum atomic E-state index is -0.963. The monoisotopic (exact) mass is 1020 g/mol. The van der Waals surface area contributed by atoms with E-state index in [1.807, 2.05) is 27.7 Å². The van der Waals surface area contributed by atoms with Gasteiger partial charge in [0.05, 0.1) is 52.9 Å². The van der Waals surface area contributed by atoms with Crippen LogP contribution in [0.4, 0.5) is 0 Å². The lowest BCUT2D eigenvalue weighted by atomic mass is 9.80. The van der Waals surface area contributed by atoms with Crippen LogP contribution >= 0.6 is 11.8 Å². The second-order valence-electron chi connectivity index (χ2n) is 16.3. The molecule has 0 aromatic heterocycles. The number of carboxylic acid groups (broad SMARTS) is 1. The van der Waals surface area contributed by atoms with E-state index in [1.54, 1.807) is 38.6 Å². The highest BCUT2D eigenvalue weighted by Crippen LogP contribution is 2.28. The second kappa shape index (κ2) is 49.4. The number of aliphatic hydroxyl groups is 1. The first-order valence-electron chi connectivity index (χ1n) is 23.3. The highest BCUT2D eigenvalue weighted by molar-refractivity contribution is 7.99. The molecule has 0 saturated heterocycles. The molecule has 0 aliphatic carbocycles. The van der Waals surface area contributed by atoms with Gasteiger partial charge in [0.25, 0.3) is 0 Å². The van der Waals surface area contributed by atoms with Crippen molar-refractivity contribution in [2.24, 2.45) is 11.3 Å². The van der Waals surface area contributed by atoms with E-state index in [2.05, 4.69) is 46.7 Å². The minimum Gasteiger partial charge on any atom is -0.478 e. The van der Waals surface area contributed by atoms with Crippen molar-refractivity contribution >= 4 is 47.6 Å². The maximum absolute atomic E-state index is 11.3. The van der Waals surface area contributed by atoms with Crippen LogP contribution in [0.3, 0.4) is 0 Å². The lowest BCUT2D eigenvalue weighted by molar-refractivity contribution is -0.178. The van der Waals surface area contributed by atoms with E-state index in [4.69, 9.17) is 52.8 Å². The van der Waals surface area contributed by atoms with E-state index >= 15 is 0 Å². The molecule has 1 atom stereocenters. The molecular weight excluding hydrogens is 929 g/mol. The third-order valence-electron chi connectivity index (χ3n) is 8.03. The van der Waals surface area contributed by atoms with Crippen LogP contribution in [0.2, 0.25) is 0 Å². The summed E-state index contributed by atoms with van der Waals surface area (Å²) < 4.78 is 44.7. The van der Waals surface area contributed by atoms with E-state index in [0.717, 1.165) is 31.1 Å². The van der Waals surface area contributed by atoms with Crippen LogP contribution in [0.15, 0.2) is 72.4 Å². The molecule has 0 bridgehead atoms. The number of hydrogen-bond donors (Lipinski definition) is 2. The molecular formula is C52H90O17S. The second-order valence-corrected chi connectivity index (χ2v) is 17.7. The molecule has 18 heteroatoms. The van der Waals surface area contributed by atoms with Crippen molar-refractivity contribution in [2.45, 2.75) is 122 Å². The molecule has 0 aromatic carbocycles. The zero-order chi connectivity index (χ0) is 55.1. The standard InChI is InChI=1S/C14H22O4.C12H22O3.C10H14O4.C8H18O4.C8H14O2S/c1-9(2)13(17)18-8-11(14(4,5)6)7-10(3)12(15)16;1-4-5-6-7-8-14-9-10-15-12(13)11(2)3;1-6(2)9(11)13-8(5)14-10(12)7(3)4;1-2-10-5-6-12-8-7-11-4-3-9;1-4-11-6-5-10-8(9)7(2)3/h7,11H,1,8H2,2-6H3,(H,15,16);2,4-10H2,1,3H3;8H,1,3H2,2,4-5H3;9H,2-8H2,1H3;2,4-6H2,1,3H3. The molecule has 0 spiro atoms. The fraction of sp³-hybridized carbons (Fsp3) is 0.654.